The molecule has 218 valence electrons. The first-order valence-corrected chi connectivity index (χ1v) is 15.9. The molecule has 7 nitrogen and oxygen atoms in total. The predicted octanol–water partition coefficient (Wildman–Crippen LogP) is 6.36. The number of rotatable bonds is 10. The van der Waals surface area contributed by atoms with Crippen LogP contribution in [-0.4, -0.2) is 43.8 Å². The van der Waals surface area contributed by atoms with Crippen molar-refractivity contribution in [2.75, 3.05) is 10.8 Å². The highest BCUT2D eigenvalue weighted by molar-refractivity contribution is 7.92. The van der Waals surface area contributed by atoms with Gasteiger partial charge in [0.25, 0.3) is 10.0 Å². The van der Waals surface area contributed by atoms with E-state index in [1.807, 2.05) is 0 Å². The summed E-state index contributed by atoms with van der Waals surface area (Å²) >= 11 is 12.5. The van der Waals surface area contributed by atoms with Gasteiger partial charge in [0.1, 0.15) is 12.6 Å². The number of para-hydroxylation sites is 1. The predicted molar refractivity (Wildman–Crippen MR) is 164 cm³/mol. The molecule has 1 N–H and O–H groups in total. The van der Waals surface area contributed by atoms with E-state index in [2.05, 4.69) is 5.32 Å². The van der Waals surface area contributed by atoms with E-state index in [0.717, 1.165) is 36.4 Å². The highest BCUT2D eigenvalue weighted by atomic mass is 35.5. The number of nitrogens with one attached hydrogen (secondary N) is 1. The third-order valence-electron chi connectivity index (χ3n) is 7.48. The molecule has 41 heavy (non-hydrogen) atoms. The molecule has 1 saturated carbocycles. The fraction of sp³-hybridized carbons (Fsp3) is 0.355. The van der Waals surface area contributed by atoms with Crippen molar-refractivity contribution in [3.8, 4) is 0 Å². The second-order valence-corrected chi connectivity index (χ2v) is 13.1. The fourth-order valence-corrected chi connectivity index (χ4v) is 6.85. The Hall–Kier alpha value is -3.07. The van der Waals surface area contributed by atoms with Crippen molar-refractivity contribution in [2.45, 2.75) is 69.5 Å². The smallest absolute Gasteiger partial charge is 0.264 e. The van der Waals surface area contributed by atoms with Gasteiger partial charge in [-0.2, -0.15) is 0 Å². The third kappa shape index (κ3) is 7.61. The Morgan fingerprint density at radius 2 is 1.56 bits per heavy atom. The van der Waals surface area contributed by atoms with E-state index in [0.29, 0.717) is 26.9 Å². The van der Waals surface area contributed by atoms with Gasteiger partial charge in [-0.1, -0.05) is 78.9 Å². The van der Waals surface area contributed by atoms with E-state index in [-0.39, 0.29) is 23.4 Å². The molecule has 3 aromatic rings. The van der Waals surface area contributed by atoms with E-state index in [1.54, 1.807) is 62.4 Å². The maximum absolute atomic E-state index is 14.1. The second-order valence-electron chi connectivity index (χ2n) is 10.4. The molecule has 1 aliphatic rings. The largest absolute Gasteiger partial charge is 0.352 e. The van der Waals surface area contributed by atoms with E-state index >= 15 is 0 Å². The van der Waals surface area contributed by atoms with Crippen molar-refractivity contribution in [1.82, 2.24) is 10.2 Å². The molecule has 0 radical (unpaired) electrons. The van der Waals surface area contributed by atoms with Gasteiger partial charge in [0.2, 0.25) is 11.8 Å². The number of hydrogen-bond acceptors (Lipinski definition) is 4. The van der Waals surface area contributed by atoms with Crippen LogP contribution in [0, 0.1) is 6.92 Å². The van der Waals surface area contributed by atoms with E-state index in [9.17, 15) is 18.0 Å². The lowest BCUT2D eigenvalue weighted by molar-refractivity contribution is -0.139. The molecular formula is C31H35Cl2N3O4S. The molecule has 0 heterocycles. The first-order valence-electron chi connectivity index (χ1n) is 13.7. The highest BCUT2D eigenvalue weighted by Crippen LogP contribution is 2.28. The van der Waals surface area contributed by atoms with Crippen LogP contribution in [0.2, 0.25) is 10.0 Å². The quantitative estimate of drug-likeness (QED) is 0.287. The summed E-state index contributed by atoms with van der Waals surface area (Å²) in [5.74, 6) is -0.808. The number of carbonyl (C=O) groups excluding carboxylic acids is 2. The van der Waals surface area contributed by atoms with Gasteiger partial charge in [-0.15, -0.1) is 0 Å². The van der Waals surface area contributed by atoms with E-state index in [1.165, 1.54) is 29.2 Å². The average Bonchev–Trinajstić information content (AvgIpc) is 2.96. The summed E-state index contributed by atoms with van der Waals surface area (Å²) in [7, 11) is -4.17. The maximum Gasteiger partial charge on any atom is 0.264 e. The Labute approximate surface area is 252 Å². The van der Waals surface area contributed by atoms with Gasteiger partial charge in [0.15, 0.2) is 0 Å². The normalized spacial score (nSPS) is 14.7. The zero-order chi connectivity index (χ0) is 29.6. The molecule has 3 aromatic carbocycles. The van der Waals surface area contributed by atoms with Crippen molar-refractivity contribution < 1.29 is 18.0 Å². The van der Waals surface area contributed by atoms with Crippen molar-refractivity contribution in [3.63, 3.8) is 0 Å². The Bertz CT molecular complexity index is 1470. The van der Waals surface area contributed by atoms with Gasteiger partial charge >= 0.3 is 0 Å². The summed E-state index contributed by atoms with van der Waals surface area (Å²) in [6.45, 7) is 2.98. The number of halogens is 2. The number of aryl methyl sites for hydroxylation is 1. The fourth-order valence-electron chi connectivity index (χ4n) is 5.05. The molecule has 1 aliphatic carbocycles. The minimum Gasteiger partial charge on any atom is -0.352 e. The standard InChI is InChI=1S/C31H35Cl2N3O4S/c1-22-10-6-9-15-29(22)36(41(39,40)27-18-16-25(32)17-19-27)21-30(37)35(20-24-11-7-8-14-28(24)33)23(2)31(38)34-26-12-4-3-5-13-26/h6-11,14-19,23,26H,3-5,12-13,20-21H2,1-2H3,(H,34,38). The monoisotopic (exact) mass is 615 g/mol. The molecule has 0 bridgehead atoms. The van der Waals surface area contributed by atoms with Crippen molar-refractivity contribution in [2.24, 2.45) is 0 Å². The molecule has 0 spiro atoms. The lowest BCUT2D eigenvalue weighted by Gasteiger charge is -2.33. The Balaban J connectivity index is 1.69. The number of carbonyl (C=O) groups is 2. The molecule has 10 heteroatoms. The number of nitrogens with zero attached hydrogens (tertiary/aromatic N) is 2. The summed E-state index contributed by atoms with van der Waals surface area (Å²) in [4.78, 5) is 28.9. The van der Waals surface area contributed by atoms with Crippen molar-refractivity contribution >= 4 is 50.7 Å². The lowest BCUT2D eigenvalue weighted by Crippen LogP contribution is -2.53. The Kier molecular flexibility index (Phi) is 10.3. The van der Waals surface area contributed by atoms with Gasteiger partial charge in [0.05, 0.1) is 10.6 Å². The zero-order valence-corrected chi connectivity index (χ0v) is 25.6. The molecule has 0 aliphatic heterocycles. The molecule has 0 aromatic heterocycles. The van der Waals surface area contributed by atoms with E-state index in [4.69, 9.17) is 23.2 Å². The van der Waals surface area contributed by atoms with Crippen LogP contribution in [0.25, 0.3) is 0 Å². The van der Waals surface area contributed by atoms with Crippen LogP contribution < -0.4 is 9.62 Å². The summed E-state index contributed by atoms with van der Waals surface area (Å²) in [6.07, 6.45) is 5.05. The van der Waals surface area contributed by atoms with Crippen LogP contribution in [0.5, 0.6) is 0 Å². The van der Waals surface area contributed by atoms with Crippen molar-refractivity contribution in [3.05, 3.63) is 94.0 Å². The second kappa shape index (κ2) is 13.7. The summed E-state index contributed by atoms with van der Waals surface area (Å²) in [6, 6.07) is 19.1. The van der Waals surface area contributed by atoms with Crippen LogP contribution in [-0.2, 0) is 26.2 Å². The summed E-state index contributed by atoms with van der Waals surface area (Å²) in [5.41, 5.74) is 1.70. The third-order valence-corrected chi connectivity index (χ3v) is 9.88. The van der Waals surface area contributed by atoms with Crippen LogP contribution >= 0.6 is 23.2 Å². The van der Waals surface area contributed by atoms with Crippen molar-refractivity contribution in [1.29, 1.82) is 0 Å². The van der Waals surface area contributed by atoms with Gasteiger partial charge in [0, 0.05) is 22.6 Å². The Morgan fingerprint density at radius 3 is 2.22 bits per heavy atom. The Morgan fingerprint density at radius 1 is 0.927 bits per heavy atom. The number of anilines is 1. The molecule has 1 unspecified atom stereocenters. The molecule has 0 saturated heterocycles. The maximum atomic E-state index is 14.1. The first-order chi connectivity index (χ1) is 19.6. The molecule has 1 fully saturated rings. The minimum atomic E-state index is -4.17. The van der Waals surface area contributed by atoms with Crippen LogP contribution in [0.15, 0.2) is 77.7 Å². The SMILES string of the molecule is Cc1ccccc1N(CC(=O)N(Cc1ccccc1Cl)C(C)C(=O)NC1CCCCC1)S(=O)(=O)c1ccc(Cl)cc1. The number of benzene rings is 3. The van der Waals surface area contributed by atoms with Gasteiger partial charge in [-0.25, -0.2) is 8.42 Å². The van der Waals surface area contributed by atoms with Gasteiger partial charge in [-0.05, 0) is 74.2 Å². The summed E-state index contributed by atoms with van der Waals surface area (Å²) < 4.78 is 29.0. The topological polar surface area (TPSA) is 86.8 Å². The lowest BCUT2D eigenvalue weighted by atomic mass is 9.95. The number of hydrogen-bond donors (Lipinski definition) is 1. The minimum absolute atomic E-state index is 0.00121. The van der Waals surface area contributed by atoms with E-state index < -0.39 is 28.5 Å². The molecule has 4 rings (SSSR count). The molecule has 2 amide bonds. The van der Waals surface area contributed by atoms with Gasteiger partial charge < -0.3 is 10.2 Å². The number of sulfonamides is 1. The average molecular weight is 617 g/mol. The highest BCUT2D eigenvalue weighted by Gasteiger charge is 2.34. The van der Waals surface area contributed by atoms with Gasteiger partial charge in [-0.3, -0.25) is 13.9 Å². The summed E-state index contributed by atoms with van der Waals surface area (Å²) in [5, 5.41) is 3.95. The zero-order valence-electron chi connectivity index (χ0n) is 23.2. The van der Waals surface area contributed by atoms with Crippen LogP contribution in [0.3, 0.4) is 0 Å². The van der Waals surface area contributed by atoms with Crippen LogP contribution in [0.1, 0.15) is 50.2 Å². The first kappa shape index (κ1) is 30.9. The number of amides is 2. The van der Waals surface area contributed by atoms with Crippen LogP contribution in [0.4, 0.5) is 5.69 Å². The molecule has 1 atom stereocenters. The molecular weight excluding hydrogens is 581 g/mol.